The zero-order valence-electron chi connectivity index (χ0n) is 25.1. The number of anilines is 4. The van der Waals surface area contributed by atoms with Gasteiger partial charge in [0.25, 0.3) is 0 Å². The van der Waals surface area contributed by atoms with E-state index in [9.17, 15) is 0 Å². The highest BCUT2D eigenvalue weighted by atomic mass is 32.2. The van der Waals surface area contributed by atoms with Gasteiger partial charge in [-0.05, 0) is 83.9 Å². The molecular formula is C42H31N3S. The minimum atomic E-state index is 1.04. The van der Waals surface area contributed by atoms with E-state index in [-0.39, 0.29) is 0 Å². The lowest BCUT2D eigenvalue weighted by molar-refractivity contribution is 1.18. The second kappa shape index (κ2) is 12.4. The average molecular weight is 610 g/mol. The molecule has 0 saturated heterocycles. The van der Waals surface area contributed by atoms with Gasteiger partial charge in [-0.15, -0.1) is 0 Å². The van der Waals surface area contributed by atoms with Gasteiger partial charge in [-0.2, -0.15) is 0 Å². The van der Waals surface area contributed by atoms with E-state index in [2.05, 4.69) is 185 Å². The minimum Gasteiger partial charge on any atom is -0.355 e. The largest absolute Gasteiger partial charge is 0.355 e. The molecule has 220 valence electrons. The lowest BCUT2D eigenvalue weighted by Crippen LogP contribution is -1.97. The Morgan fingerprint density at radius 3 is 1.91 bits per heavy atom. The van der Waals surface area contributed by atoms with Crippen LogP contribution in [0.2, 0.25) is 0 Å². The first-order chi connectivity index (χ1) is 22.8. The van der Waals surface area contributed by atoms with Crippen molar-refractivity contribution in [1.29, 1.82) is 0 Å². The molecule has 3 nitrogen and oxygen atoms in total. The lowest BCUT2D eigenvalue weighted by Gasteiger charge is -2.14. The highest BCUT2D eigenvalue weighted by molar-refractivity contribution is 7.99. The monoisotopic (exact) mass is 609 g/mol. The van der Waals surface area contributed by atoms with Gasteiger partial charge < -0.3 is 15.2 Å². The Bertz CT molecular complexity index is 2270. The summed E-state index contributed by atoms with van der Waals surface area (Å²) in [6.07, 6.45) is 0. The Morgan fingerprint density at radius 1 is 0.413 bits per heavy atom. The van der Waals surface area contributed by atoms with Crippen LogP contribution < -0.4 is 10.6 Å². The lowest BCUT2D eigenvalue weighted by atomic mass is 10.1. The van der Waals surface area contributed by atoms with Crippen molar-refractivity contribution >= 4 is 56.3 Å². The number of aromatic nitrogens is 1. The molecule has 4 heteroatoms. The van der Waals surface area contributed by atoms with Crippen LogP contribution in [0.4, 0.5) is 22.7 Å². The quantitative estimate of drug-likeness (QED) is 0.180. The number of para-hydroxylation sites is 2. The summed E-state index contributed by atoms with van der Waals surface area (Å²) < 4.78 is 2.37. The second-order valence-corrected chi connectivity index (χ2v) is 12.4. The van der Waals surface area contributed by atoms with Crippen LogP contribution in [0.25, 0.3) is 38.6 Å². The molecule has 0 fully saturated rings. The van der Waals surface area contributed by atoms with E-state index in [0.29, 0.717) is 0 Å². The normalized spacial score (nSPS) is 11.1. The molecule has 0 atom stereocenters. The van der Waals surface area contributed by atoms with Crippen molar-refractivity contribution in [2.75, 3.05) is 10.6 Å². The number of hydrogen-bond acceptors (Lipinski definition) is 3. The SMILES string of the molecule is c1ccc(Sc2ccccc2Nc2cccc(-n3c4ccccc4c4ccc(Nc5ccc(-c6ccccc6)cc5)cc43)c2)cc1. The Labute approximate surface area is 273 Å². The number of fused-ring (bicyclic) bond motifs is 3. The molecule has 8 rings (SSSR count). The molecule has 2 N–H and O–H groups in total. The van der Waals surface area contributed by atoms with Gasteiger partial charge in [-0.3, -0.25) is 0 Å². The van der Waals surface area contributed by atoms with Crippen molar-refractivity contribution in [2.24, 2.45) is 0 Å². The number of rotatable bonds is 8. The van der Waals surface area contributed by atoms with Gasteiger partial charge in [0.05, 0.1) is 16.7 Å². The average Bonchev–Trinajstić information content (AvgIpc) is 3.44. The van der Waals surface area contributed by atoms with Gasteiger partial charge in [-0.1, -0.05) is 115 Å². The fourth-order valence-electron chi connectivity index (χ4n) is 6.02. The highest BCUT2D eigenvalue weighted by Crippen LogP contribution is 2.37. The fourth-order valence-corrected chi connectivity index (χ4v) is 6.95. The van der Waals surface area contributed by atoms with Crippen molar-refractivity contribution in [3.63, 3.8) is 0 Å². The predicted molar refractivity (Wildman–Crippen MR) is 196 cm³/mol. The summed E-state index contributed by atoms with van der Waals surface area (Å²) in [5, 5.41) is 9.81. The molecule has 0 unspecified atom stereocenters. The summed E-state index contributed by atoms with van der Waals surface area (Å²) in [6, 6.07) is 62.1. The molecule has 0 aliphatic carbocycles. The molecule has 0 saturated carbocycles. The molecule has 8 aromatic rings. The van der Waals surface area contributed by atoms with Crippen molar-refractivity contribution in [3.8, 4) is 16.8 Å². The van der Waals surface area contributed by atoms with Gasteiger partial charge in [0.1, 0.15) is 0 Å². The summed E-state index contributed by atoms with van der Waals surface area (Å²) in [5.41, 5.74) is 10.1. The second-order valence-electron chi connectivity index (χ2n) is 11.2. The molecule has 0 aliphatic rings. The van der Waals surface area contributed by atoms with Gasteiger partial charge >= 0.3 is 0 Å². The molecule has 0 amide bonds. The third-order valence-corrected chi connectivity index (χ3v) is 9.28. The number of hydrogen-bond donors (Lipinski definition) is 2. The van der Waals surface area contributed by atoms with E-state index in [1.807, 2.05) is 6.07 Å². The van der Waals surface area contributed by atoms with Crippen LogP contribution in [-0.2, 0) is 0 Å². The van der Waals surface area contributed by atoms with Crippen LogP contribution in [-0.4, -0.2) is 4.57 Å². The molecule has 0 bridgehead atoms. The van der Waals surface area contributed by atoms with E-state index in [1.54, 1.807) is 11.8 Å². The third kappa shape index (κ3) is 5.63. The van der Waals surface area contributed by atoms with E-state index < -0.39 is 0 Å². The first kappa shape index (κ1) is 27.8. The van der Waals surface area contributed by atoms with Crippen molar-refractivity contribution in [3.05, 3.63) is 176 Å². The summed E-state index contributed by atoms with van der Waals surface area (Å²) in [5.74, 6) is 0. The maximum Gasteiger partial charge on any atom is 0.0561 e. The van der Waals surface area contributed by atoms with E-state index in [4.69, 9.17) is 0 Å². The maximum absolute atomic E-state index is 3.71. The topological polar surface area (TPSA) is 29.0 Å². The molecule has 0 aliphatic heterocycles. The van der Waals surface area contributed by atoms with Crippen LogP contribution >= 0.6 is 11.8 Å². The molecule has 0 radical (unpaired) electrons. The summed E-state index contributed by atoms with van der Waals surface area (Å²) >= 11 is 1.77. The summed E-state index contributed by atoms with van der Waals surface area (Å²) in [4.78, 5) is 2.40. The molecule has 0 spiro atoms. The summed E-state index contributed by atoms with van der Waals surface area (Å²) in [7, 11) is 0. The van der Waals surface area contributed by atoms with E-state index in [1.165, 1.54) is 37.2 Å². The van der Waals surface area contributed by atoms with Gasteiger partial charge in [0, 0.05) is 43.3 Å². The molecule has 1 heterocycles. The molecule has 7 aromatic carbocycles. The Morgan fingerprint density at radius 2 is 1.07 bits per heavy atom. The standard InChI is InChI=1S/C42H31N3S/c1-3-12-30(13-4-1)31-22-24-32(25-23-31)43-34-26-27-38-37-18-7-9-20-40(37)45(41(38)29-34)35-15-11-14-33(28-35)44-39-19-8-10-21-42(39)46-36-16-5-2-6-17-36/h1-29,43-44H. The fraction of sp³-hybridized carbons (Fsp3) is 0. The molecule has 1 aromatic heterocycles. The van der Waals surface area contributed by atoms with Crippen LogP contribution in [0, 0.1) is 0 Å². The Hall–Kier alpha value is -5.71. The Balaban J connectivity index is 1.13. The van der Waals surface area contributed by atoms with Crippen molar-refractivity contribution in [2.45, 2.75) is 9.79 Å². The van der Waals surface area contributed by atoms with Gasteiger partial charge in [0.2, 0.25) is 0 Å². The smallest absolute Gasteiger partial charge is 0.0561 e. The summed E-state index contributed by atoms with van der Waals surface area (Å²) in [6.45, 7) is 0. The van der Waals surface area contributed by atoms with Crippen LogP contribution in [0.1, 0.15) is 0 Å². The maximum atomic E-state index is 3.71. The predicted octanol–water partition coefficient (Wildman–Crippen LogP) is 12.1. The first-order valence-corrected chi connectivity index (χ1v) is 16.3. The van der Waals surface area contributed by atoms with Gasteiger partial charge in [-0.25, -0.2) is 0 Å². The molecule has 46 heavy (non-hydrogen) atoms. The molecular weight excluding hydrogens is 579 g/mol. The number of benzene rings is 7. The number of nitrogens with one attached hydrogen (secondary N) is 2. The van der Waals surface area contributed by atoms with Crippen molar-refractivity contribution < 1.29 is 0 Å². The van der Waals surface area contributed by atoms with Crippen LogP contribution in [0.3, 0.4) is 0 Å². The zero-order chi connectivity index (χ0) is 30.7. The van der Waals surface area contributed by atoms with Crippen LogP contribution in [0.15, 0.2) is 186 Å². The van der Waals surface area contributed by atoms with E-state index >= 15 is 0 Å². The third-order valence-electron chi connectivity index (χ3n) is 8.20. The number of nitrogens with zero attached hydrogens (tertiary/aromatic N) is 1. The van der Waals surface area contributed by atoms with Crippen molar-refractivity contribution in [1.82, 2.24) is 4.57 Å². The first-order valence-electron chi connectivity index (χ1n) is 15.4. The minimum absolute atomic E-state index is 1.04. The van der Waals surface area contributed by atoms with Crippen LogP contribution in [0.5, 0.6) is 0 Å². The highest BCUT2D eigenvalue weighted by Gasteiger charge is 2.14. The Kier molecular flexibility index (Phi) is 7.47. The van der Waals surface area contributed by atoms with E-state index in [0.717, 1.165) is 34.0 Å². The zero-order valence-corrected chi connectivity index (χ0v) is 25.9. The van der Waals surface area contributed by atoms with Gasteiger partial charge in [0.15, 0.2) is 0 Å².